The molecule has 2 fully saturated rings. The van der Waals surface area contributed by atoms with E-state index in [1.807, 2.05) is 12.1 Å². The zero-order valence-corrected chi connectivity index (χ0v) is 14.4. The molecule has 5 nitrogen and oxygen atoms in total. The van der Waals surface area contributed by atoms with E-state index in [1.165, 1.54) is 13.0 Å². The van der Waals surface area contributed by atoms with E-state index in [9.17, 15) is 4.79 Å². The third-order valence-electron chi connectivity index (χ3n) is 5.59. The Hall–Kier alpha value is -1.62. The fourth-order valence-corrected chi connectivity index (χ4v) is 3.96. The Bertz CT molecular complexity index is 507. The minimum atomic E-state index is -0.107. The van der Waals surface area contributed by atoms with Crippen LogP contribution in [0.3, 0.4) is 0 Å². The molecule has 1 aliphatic heterocycles. The lowest BCUT2D eigenvalue weighted by molar-refractivity contribution is -0.123. The van der Waals surface area contributed by atoms with Crippen LogP contribution in [0.25, 0.3) is 0 Å². The Labute approximate surface area is 144 Å². The molecule has 5 heteroatoms. The predicted molar refractivity (Wildman–Crippen MR) is 93.6 cm³/mol. The minimum Gasteiger partial charge on any atom is -0.490 e. The summed E-state index contributed by atoms with van der Waals surface area (Å²) in [5, 5.41) is 0. The van der Waals surface area contributed by atoms with Crippen molar-refractivity contribution < 1.29 is 9.53 Å². The number of nitrogens with two attached hydrogens (primary N) is 1. The van der Waals surface area contributed by atoms with Crippen LogP contribution in [0.2, 0.25) is 0 Å². The molecule has 24 heavy (non-hydrogen) atoms. The number of hydrogen-bond acceptors (Lipinski definition) is 4. The maximum Gasteiger partial charge on any atom is 0.220 e. The van der Waals surface area contributed by atoms with Gasteiger partial charge < -0.3 is 15.4 Å². The zero-order chi connectivity index (χ0) is 16.8. The molecule has 2 heterocycles. The third kappa shape index (κ3) is 4.94. The molecule has 1 aromatic heterocycles. The zero-order valence-electron chi connectivity index (χ0n) is 14.4. The van der Waals surface area contributed by atoms with Crippen LogP contribution in [0.4, 0.5) is 0 Å². The summed E-state index contributed by atoms with van der Waals surface area (Å²) in [5.74, 6) is 1.72. The van der Waals surface area contributed by atoms with Crippen molar-refractivity contribution in [3.8, 4) is 5.75 Å². The maximum absolute atomic E-state index is 11.2. The fraction of sp³-hybridized carbons (Fsp3) is 0.684. The molecule has 0 bridgehead atoms. The van der Waals surface area contributed by atoms with Gasteiger partial charge in [-0.1, -0.05) is 0 Å². The van der Waals surface area contributed by atoms with Crippen molar-refractivity contribution in [1.29, 1.82) is 0 Å². The number of likely N-dealkylation sites (tertiary alicyclic amines) is 1. The van der Waals surface area contributed by atoms with Crippen LogP contribution in [0.5, 0.6) is 5.75 Å². The number of primary amides is 1. The van der Waals surface area contributed by atoms with Crippen LogP contribution in [-0.2, 0) is 4.79 Å². The van der Waals surface area contributed by atoms with Crippen molar-refractivity contribution in [2.24, 2.45) is 17.6 Å². The summed E-state index contributed by atoms with van der Waals surface area (Å²) >= 11 is 0. The number of carbonyl (C=O) groups excluding carboxylic acids is 1. The predicted octanol–water partition coefficient (Wildman–Crippen LogP) is 2.61. The average molecular weight is 331 g/mol. The summed E-state index contributed by atoms with van der Waals surface area (Å²) in [4.78, 5) is 17.8. The second-order valence-electron chi connectivity index (χ2n) is 7.25. The number of piperidine rings is 1. The van der Waals surface area contributed by atoms with E-state index in [-0.39, 0.29) is 11.8 Å². The average Bonchev–Trinajstić information content (AvgIpc) is 2.62. The quantitative estimate of drug-likeness (QED) is 0.870. The van der Waals surface area contributed by atoms with Gasteiger partial charge in [0.2, 0.25) is 5.91 Å². The van der Waals surface area contributed by atoms with Crippen LogP contribution < -0.4 is 10.5 Å². The molecule has 0 unspecified atom stereocenters. The molecule has 0 radical (unpaired) electrons. The first-order valence-corrected chi connectivity index (χ1v) is 9.29. The Morgan fingerprint density at radius 2 is 1.79 bits per heavy atom. The van der Waals surface area contributed by atoms with E-state index < -0.39 is 0 Å². The lowest BCUT2D eigenvalue weighted by atomic mass is 9.80. The summed E-state index contributed by atoms with van der Waals surface area (Å²) in [7, 11) is 0. The first kappa shape index (κ1) is 17.2. The second kappa shape index (κ2) is 8.47. The highest BCUT2D eigenvalue weighted by atomic mass is 16.5. The van der Waals surface area contributed by atoms with Crippen molar-refractivity contribution in [3.05, 3.63) is 24.5 Å². The number of ether oxygens (including phenoxy) is 1. The Kier molecular flexibility index (Phi) is 6.07. The summed E-state index contributed by atoms with van der Waals surface area (Å²) in [5.41, 5.74) is 5.41. The van der Waals surface area contributed by atoms with E-state index in [2.05, 4.69) is 9.88 Å². The van der Waals surface area contributed by atoms with Gasteiger partial charge in [0.05, 0.1) is 0 Å². The topological polar surface area (TPSA) is 68.5 Å². The first-order valence-electron chi connectivity index (χ1n) is 9.29. The number of hydrogen-bond donors (Lipinski definition) is 1. The van der Waals surface area contributed by atoms with E-state index in [0.29, 0.717) is 6.10 Å². The van der Waals surface area contributed by atoms with Gasteiger partial charge in [-0.25, -0.2) is 0 Å². The molecular weight excluding hydrogens is 302 g/mol. The van der Waals surface area contributed by atoms with E-state index >= 15 is 0 Å². The number of rotatable bonds is 6. The Morgan fingerprint density at radius 3 is 2.42 bits per heavy atom. The Morgan fingerprint density at radius 1 is 1.12 bits per heavy atom. The van der Waals surface area contributed by atoms with Crippen molar-refractivity contribution >= 4 is 5.91 Å². The van der Waals surface area contributed by atoms with Gasteiger partial charge in [-0.3, -0.25) is 9.78 Å². The molecule has 0 atom stereocenters. The molecule has 132 valence electrons. The number of pyridine rings is 1. The van der Waals surface area contributed by atoms with Gasteiger partial charge in [-0.05, 0) is 69.5 Å². The van der Waals surface area contributed by atoms with Gasteiger partial charge in [0.1, 0.15) is 11.9 Å². The highest BCUT2D eigenvalue weighted by molar-refractivity contribution is 5.76. The number of aromatic nitrogens is 1. The monoisotopic (exact) mass is 331 g/mol. The van der Waals surface area contributed by atoms with Gasteiger partial charge in [0.15, 0.2) is 0 Å². The van der Waals surface area contributed by atoms with Crippen LogP contribution in [-0.4, -0.2) is 41.5 Å². The van der Waals surface area contributed by atoms with Gasteiger partial charge in [-0.15, -0.1) is 0 Å². The standard InChI is InChI=1S/C19H29N3O2/c20-19(23)16-3-1-15(2-4-16)7-12-22-13-8-18(9-14-22)24-17-5-10-21-11-6-17/h5-6,10-11,15-16,18H,1-4,7-9,12-14H2,(H2,20,23)/t15-,16-. The third-order valence-corrected chi connectivity index (χ3v) is 5.59. The highest BCUT2D eigenvalue weighted by Crippen LogP contribution is 2.31. The maximum atomic E-state index is 11.2. The molecule has 1 saturated carbocycles. The molecule has 1 aliphatic carbocycles. The largest absolute Gasteiger partial charge is 0.490 e. The molecule has 0 spiro atoms. The van der Waals surface area contributed by atoms with Crippen LogP contribution >= 0.6 is 0 Å². The van der Waals surface area contributed by atoms with Gasteiger partial charge >= 0.3 is 0 Å². The Balaban J connectivity index is 1.32. The smallest absolute Gasteiger partial charge is 0.220 e. The molecular formula is C19H29N3O2. The van der Waals surface area contributed by atoms with Crippen molar-refractivity contribution in [1.82, 2.24) is 9.88 Å². The fourth-order valence-electron chi connectivity index (χ4n) is 3.96. The summed E-state index contributed by atoms with van der Waals surface area (Å²) in [6.07, 6.45) is 11.6. The summed E-state index contributed by atoms with van der Waals surface area (Å²) < 4.78 is 6.02. The van der Waals surface area contributed by atoms with E-state index in [0.717, 1.165) is 63.3 Å². The highest BCUT2D eigenvalue weighted by Gasteiger charge is 2.26. The molecule has 2 N–H and O–H groups in total. The molecule has 0 aromatic carbocycles. The van der Waals surface area contributed by atoms with Crippen LogP contribution in [0.1, 0.15) is 44.9 Å². The molecule has 1 amide bonds. The van der Waals surface area contributed by atoms with Crippen LogP contribution in [0.15, 0.2) is 24.5 Å². The van der Waals surface area contributed by atoms with Crippen molar-refractivity contribution in [2.75, 3.05) is 19.6 Å². The lowest BCUT2D eigenvalue weighted by Gasteiger charge is -2.34. The molecule has 3 rings (SSSR count). The van der Waals surface area contributed by atoms with E-state index in [1.54, 1.807) is 12.4 Å². The summed E-state index contributed by atoms with van der Waals surface area (Å²) in [6, 6.07) is 3.85. The number of nitrogens with zero attached hydrogens (tertiary/aromatic N) is 2. The summed E-state index contributed by atoms with van der Waals surface area (Å²) in [6.45, 7) is 3.41. The van der Waals surface area contributed by atoms with Gasteiger partial charge in [-0.2, -0.15) is 0 Å². The molecule has 1 saturated heterocycles. The van der Waals surface area contributed by atoms with Gasteiger partial charge in [0.25, 0.3) is 0 Å². The SMILES string of the molecule is NC(=O)[C@H]1CC[C@H](CCN2CCC(Oc3ccncc3)CC2)CC1. The van der Waals surface area contributed by atoms with Crippen molar-refractivity contribution in [3.63, 3.8) is 0 Å². The van der Waals surface area contributed by atoms with Crippen LogP contribution in [0, 0.1) is 11.8 Å². The lowest BCUT2D eigenvalue weighted by Crippen LogP contribution is -2.39. The molecule has 2 aliphatic rings. The van der Waals surface area contributed by atoms with E-state index in [4.69, 9.17) is 10.5 Å². The number of carbonyl (C=O) groups is 1. The number of amides is 1. The molecule has 1 aromatic rings. The normalized spacial score (nSPS) is 26.2. The first-order chi connectivity index (χ1) is 11.7. The van der Waals surface area contributed by atoms with Crippen molar-refractivity contribution in [2.45, 2.75) is 51.0 Å². The second-order valence-corrected chi connectivity index (χ2v) is 7.25. The minimum absolute atomic E-state index is 0.107. The van der Waals surface area contributed by atoms with Gasteiger partial charge in [0, 0.05) is 31.4 Å².